The molecular formula is C26H23ClN4O2S2. The molecule has 2 heterocycles. The highest BCUT2D eigenvalue weighted by Crippen LogP contribution is 2.35. The lowest BCUT2D eigenvalue weighted by Crippen LogP contribution is -2.24. The monoisotopic (exact) mass is 522 g/mol. The van der Waals surface area contributed by atoms with Crippen LogP contribution in [0.25, 0.3) is 15.9 Å². The smallest absolute Gasteiger partial charge is 0.267 e. The molecule has 0 atom stereocenters. The molecule has 6 nitrogen and oxygen atoms in total. The summed E-state index contributed by atoms with van der Waals surface area (Å²) in [6.07, 6.45) is 5.65. The van der Waals surface area contributed by atoms with Crippen molar-refractivity contribution in [2.75, 3.05) is 5.75 Å². The summed E-state index contributed by atoms with van der Waals surface area (Å²) in [4.78, 5) is 33.1. The molecule has 0 saturated carbocycles. The molecule has 5 rings (SSSR count). The Hall–Kier alpha value is -2.94. The van der Waals surface area contributed by atoms with Crippen LogP contribution in [0.5, 0.6) is 0 Å². The molecule has 0 saturated heterocycles. The Morgan fingerprint density at radius 3 is 2.77 bits per heavy atom. The SMILES string of the molecule is Cc1ccc(-n2c(SCC(=O)N/N=C\c3ccccc3Cl)nc3sc4c(c3c2=O)CCCC4)cc1. The number of fused-ring (bicyclic) bond motifs is 3. The van der Waals surface area contributed by atoms with Crippen LogP contribution in [0.15, 0.2) is 63.6 Å². The number of amides is 1. The number of nitrogens with one attached hydrogen (secondary N) is 1. The quantitative estimate of drug-likeness (QED) is 0.156. The molecule has 1 amide bonds. The van der Waals surface area contributed by atoms with Crippen molar-refractivity contribution in [2.24, 2.45) is 5.10 Å². The van der Waals surface area contributed by atoms with E-state index in [1.54, 1.807) is 22.0 Å². The second-order valence-corrected chi connectivity index (χ2v) is 10.8. The summed E-state index contributed by atoms with van der Waals surface area (Å²) in [7, 11) is 0. The molecule has 2 aromatic carbocycles. The van der Waals surface area contributed by atoms with Gasteiger partial charge in [-0.1, -0.05) is 59.3 Å². The normalized spacial score (nSPS) is 13.3. The first-order chi connectivity index (χ1) is 17.0. The molecule has 0 unspecified atom stereocenters. The predicted molar refractivity (Wildman–Crippen MR) is 145 cm³/mol. The molecule has 9 heteroatoms. The minimum atomic E-state index is -0.298. The van der Waals surface area contributed by atoms with E-state index in [0.29, 0.717) is 15.7 Å². The second kappa shape index (κ2) is 10.4. The fraction of sp³-hybridized carbons (Fsp3) is 0.231. The topological polar surface area (TPSA) is 76.3 Å². The lowest BCUT2D eigenvalue weighted by molar-refractivity contribution is -0.118. The summed E-state index contributed by atoms with van der Waals surface area (Å²) in [6, 6.07) is 15.0. The average molecular weight is 523 g/mol. The molecule has 0 spiro atoms. The molecule has 1 N–H and O–H groups in total. The Kier molecular flexibility index (Phi) is 7.04. The molecule has 178 valence electrons. The number of hydrazone groups is 1. The van der Waals surface area contributed by atoms with Crippen LogP contribution in [0.2, 0.25) is 5.02 Å². The Bertz CT molecular complexity index is 1490. The van der Waals surface area contributed by atoms with Crippen LogP contribution in [-0.2, 0) is 17.6 Å². The number of thiophene rings is 1. The summed E-state index contributed by atoms with van der Waals surface area (Å²) in [5.74, 6) is -0.233. The number of hydrogen-bond donors (Lipinski definition) is 1. The van der Waals surface area contributed by atoms with Gasteiger partial charge in [-0.05, 0) is 56.4 Å². The first-order valence-corrected chi connectivity index (χ1v) is 13.5. The van der Waals surface area contributed by atoms with Crippen molar-refractivity contribution in [3.05, 3.63) is 85.5 Å². The van der Waals surface area contributed by atoms with Crippen LogP contribution in [0.4, 0.5) is 0 Å². The minimum Gasteiger partial charge on any atom is -0.272 e. The molecule has 0 aliphatic heterocycles. The van der Waals surface area contributed by atoms with Crippen LogP contribution in [0.3, 0.4) is 0 Å². The molecule has 35 heavy (non-hydrogen) atoms. The van der Waals surface area contributed by atoms with Gasteiger partial charge in [-0.25, -0.2) is 10.4 Å². The first-order valence-electron chi connectivity index (χ1n) is 11.3. The van der Waals surface area contributed by atoms with E-state index < -0.39 is 0 Å². The number of nitrogens with zero attached hydrogens (tertiary/aromatic N) is 3. The highest BCUT2D eigenvalue weighted by molar-refractivity contribution is 7.99. The Morgan fingerprint density at radius 1 is 1.20 bits per heavy atom. The Balaban J connectivity index is 1.44. The van der Waals surface area contributed by atoms with Gasteiger partial charge in [0.05, 0.1) is 23.0 Å². The summed E-state index contributed by atoms with van der Waals surface area (Å²) >= 11 is 8.95. The van der Waals surface area contributed by atoms with Gasteiger partial charge in [0, 0.05) is 15.5 Å². The van der Waals surface area contributed by atoms with E-state index in [-0.39, 0.29) is 17.2 Å². The van der Waals surface area contributed by atoms with Crippen LogP contribution in [0.1, 0.15) is 34.4 Å². The van der Waals surface area contributed by atoms with Crippen molar-refractivity contribution in [2.45, 2.75) is 37.8 Å². The number of aromatic nitrogens is 2. The van der Waals surface area contributed by atoms with E-state index in [1.165, 1.54) is 22.9 Å². The second-order valence-electron chi connectivity index (χ2n) is 8.36. The molecule has 1 aliphatic rings. The maximum Gasteiger partial charge on any atom is 0.267 e. The molecule has 0 radical (unpaired) electrons. The van der Waals surface area contributed by atoms with Gasteiger partial charge >= 0.3 is 0 Å². The van der Waals surface area contributed by atoms with Crippen molar-refractivity contribution in [1.29, 1.82) is 0 Å². The molecular weight excluding hydrogens is 500 g/mol. The highest BCUT2D eigenvalue weighted by atomic mass is 35.5. The van der Waals surface area contributed by atoms with Gasteiger partial charge in [0.25, 0.3) is 11.5 Å². The zero-order valence-electron chi connectivity index (χ0n) is 19.1. The number of rotatable bonds is 6. The number of benzene rings is 2. The Labute approximate surface area is 216 Å². The number of aryl methyl sites for hydroxylation is 3. The fourth-order valence-corrected chi connectivity index (χ4v) is 6.41. The highest BCUT2D eigenvalue weighted by Gasteiger charge is 2.23. The van der Waals surface area contributed by atoms with Gasteiger partial charge in [0.1, 0.15) is 4.83 Å². The third kappa shape index (κ3) is 5.05. The van der Waals surface area contributed by atoms with E-state index in [2.05, 4.69) is 10.5 Å². The zero-order valence-corrected chi connectivity index (χ0v) is 21.5. The lowest BCUT2D eigenvalue weighted by Gasteiger charge is -2.13. The number of carbonyl (C=O) groups is 1. The fourth-order valence-electron chi connectivity index (χ4n) is 4.12. The number of thioether (sulfide) groups is 1. The van der Waals surface area contributed by atoms with Gasteiger partial charge in [0.15, 0.2) is 5.16 Å². The van der Waals surface area contributed by atoms with Crippen molar-refractivity contribution < 1.29 is 4.79 Å². The van der Waals surface area contributed by atoms with Crippen molar-refractivity contribution in [3.8, 4) is 5.69 Å². The van der Waals surface area contributed by atoms with Crippen LogP contribution in [-0.4, -0.2) is 27.4 Å². The van der Waals surface area contributed by atoms with Crippen molar-refractivity contribution in [3.63, 3.8) is 0 Å². The summed E-state index contributed by atoms with van der Waals surface area (Å²) in [6.45, 7) is 2.01. The number of halogens is 1. The van der Waals surface area contributed by atoms with Crippen LogP contribution in [0, 0.1) is 6.92 Å². The average Bonchev–Trinajstić information content (AvgIpc) is 3.23. The molecule has 4 aromatic rings. The standard InChI is InChI=1S/C26H23ClN4O2S2/c1-16-10-12-18(13-11-16)31-25(33)23-19-7-3-5-9-21(19)35-24(23)29-26(31)34-15-22(32)30-28-14-17-6-2-4-8-20(17)27/h2,4,6,8,10-14H,3,5,7,9,15H2,1H3,(H,30,32)/b28-14-. The molecule has 0 bridgehead atoms. The van der Waals surface area contributed by atoms with Gasteiger partial charge in [-0.3, -0.25) is 14.2 Å². The summed E-state index contributed by atoms with van der Waals surface area (Å²) in [5, 5.41) is 5.78. The Morgan fingerprint density at radius 2 is 1.97 bits per heavy atom. The third-order valence-corrected chi connectivity index (χ3v) is 8.35. The summed E-state index contributed by atoms with van der Waals surface area (Å²) in [5.41, 5.74) is 6.16. The molecule has 1 aliphatic carbocycles. The van der Waals surface area contributed by atoms with Crippen LogP contribution >= 0.6 is 34.7 Å². The van der Waals surface area contributed by atoms with E-state index >= 15 is 0 Å². The number of hydrogen-bond acceptors (Lipinski definition) is 6. The van der Waals surface area contributed by atoms with Crippen molar-refractivity contribution >= 4 is 57.0 Å². The van der Waals surface area contributed by atoms with E-state index in [0.717, 1.165) is 52.7 Å². The first kappa shape index (κ1) is 23.8. The minimum absolute atomic E-state index is 0.0642. The predicted octanol–water partition coefficient (Wildman–Crippen LogP) is 5.53. The number of carbonyl (C=O) groups excluding carboxylic acids is 1. The van der Waals surface area contributed by atoms with Crippen LogP contribution < -0.4 is 11.0 Å². The zero-order chi connectivity index (χ0) is 24.4. The molecule has 0 fully saturated rings. The van der Waals surface area contributed by atoms with E-state index in [1.807, 2.05) is 49.4 Å². The van der Waals surface area contributed by atoms with E-state index in [9.17, 15) is 9.59 Å². The summed E-state index contributed by atoms with van der Waals surface area (Å²) < 4.78 is 1.63. The van der Waals surface area contributed by atoms with Gasteiger partial charge < -0.3 is 0 Å². The third-order valence-electron chi connectivity index (χ3n) is 5.88. The van der Waals surface area contributed by atoms with Crippen molar-refractivity contribution in [1.82, 2.24) is 15.0 Å². The van der Waals surface area contributed by atoms with Gasteiger partial charge in [-0.15, -0.1) is 11.3 Å². The van der Waals surface area contributed by atoms with Gasteiger partial charge in [0.2, 0.25) is 0 Å². The maximum atomic E-state index is 13.8. The lowest BCUT2D eigenvalue weighted by atomic mass is 9.97. The molecule has 2 aromatic heterocycles. The largest absolute Gasteiger partial charge is 0.272 e. The maximum absolute atomic E-state index is 13.8. The van der Waals surface area contributed by atoms with Gasteiger partial charge in [-0.2, -0.15) is 5.10 Å². The van der Waals surface area contributed by atoms with E-state index in [4.69, 9.17) is 16.6 Å².